The Bertz CT molecular complexity index is 629. The highest BCUT2D eigenvalue weighted by atomic mass is 79.9. The Morgan fingerprint density at radius 3 is 2.37 bits per heavy atom. The lowest BCUT2D eigenvalue weighted by atomic mass is 10.0. The zero-order valence-corrected chi connectivity index (χ0v) is 13.0. The maximum absolute atomic E-state index is 13.3. The molecule has 1 atom stereocenters. The molecule has 19 heavy (non-hydrogen) atoms. The van der Waals surface area contributed by atoms with Gasteiger partial charge in [-0.3, -0.25) is 0 Å². The first kappa shape index (κ1) is 14.8. The van der Waals surface area contributed by atoms with Crippen molar-refractivity contribution < 1.29 is 8.78 Å². The third-order valence-electron chi connectivity index (χ3n) is 2.79. The smallest absolute Gasteiger partial charge is 0.160 e. The van der Waals surface area contributed by atoms with Gasteiger partial charge in [-0.15, -0.1) is 11.6 Å². The van der Waals surface area contributed by atoms with E-state index in [1.165, 1.54) is 0 Å². The summed E-state index contributed by atoms with van der Waals surface area (Å²) in [5, 5.41) is -0.520. The van der Waals surface area contributed by atoms with E-state index in [1.54, 1.807) is 0 Å². The quantitative estimate of drug-likeness (QED) is 0.451. The first-order valence-corrected chi connectivity index (χ1v) is 7.05. The van der Waals surface area contributed by atoms with Crippen molar-refractivity contribution in [3.05, 3.63) is 68.2 Å². The van der Waals surface area contributed by atoms with Crippen LogP contribution in [0.1, 0.15) is 22.1 Å². The minimum Gasteiger partial charge on any atom is -0.204 e. The number of rotatable bonds is 2. The molecule has 0 aliphatic carbocycles. The van der Waals surface area contributed by atoms with Crippen molar-refractivity contribution in [2.75, 3.05) is 0 Å². The Balaban J connectivity index is 2.46. The molecule has 0 nitrogen and oxygen atoms in total. The van der Waals surface area contributed by atoms with Crippen LogP contribution in [0.2, 0.25) is 5.02 Å². The number of hydrogen-bond acceptors (Lipinski definition) is 0. The number of halogens is 5. The van der Waals surface area contributed by atoms with E-state index in [-0.39, 0.29) is 5.02 Å². The maximum Gasteiger partial charge on any atom is 0.160 e. The first-order valence-electron chi connectivity index (χ1n) is 5.44. The normalized spacial score (nSPS) is 12.5. The van der Waals surface area contributed by atoms with Crippen molar-refractivity contribution in [1.82, 2.24) is 0 Å². The molecule has 5 heteroatoms. The molecule has 0 aromatic heterocycles. The first-order chi connectivity index (χ1) is 8.90. The van der Waals surface area contributed by atoms with Crippen LogP contribution < -0.4 is 0 Å². The third-order valence-corrected chi connectivity index (χ3v) is 4.49. The lowest BCUT2D eigenvalue weighted by Crippen LogP contribution is -1.98. The van der Waals surface area contributed by atoms with Gasteiger partial charge in [0.1, 0.15) is 0 Å². The molecule has 100 valence electrons. The summed E-state index contributed by atoms with van der Waals surface area (Å²) < 4.78 is 27.3. The molecular weight excluding hydrogens is 357 g/mol. The van der Waals surface area contributed by atoms with Crippen molar-refractivity contribution in [1.29, 1.82) is 0 Å². The fourth-order valence-corrected chi connectivity index (χ4v) is 2.62. The zero-order chi connectivity index (χ0) is 14.2. The number of hydrogen-bond donors (Lipinski definition) is 0. The average molecular weight is 366 g/mol. The Hall–Kier alpha value is -0.640. The van der Waals surface area contributed by atoms with Crippen molar-refractivity contribution in [2.45, 2.75) is 12.3 Å². The molecule has 2 aromatic rings. The summed E-state index contributed by atoms with van der Waals surface area (Å²) >= 11 is 15.6. The maximum atomic E-state index is 13.3. The summed E-state index contributed by atoms with van der Waals surface area (Å²) in [6.07, 6.45) is 0. The number of alkyl halides is 1. The minimum atomic E-state index is -0.982. The molecule has 0 bridgehead atoms. The van der Waals surface area contributed by atoms with Gasteiger partial charge < -0.3 is 0 Å². The molecule has 0 amide bonds. The van der Waals surface area contributed by atoms with Gasteiger partial charge in [0.25, 0.3) is 0 Å². The summed E-state index contributed by atoms with van der Waals surface area (Å²) in [5.41, 5.74) is 2.13. The van der Waals surface area contributed by atoms with Gasteiger partial charge in [0.05, 0.1) is 5.38 Å². The molecule has 1 unspecified atom stereocenters. The summed E-state index contributed by atoms with van der Waals surface area (Å²) in [4.78, 5) is 0. The molecule has 0 fully saturated rings. The second kappa shape index (κ2) is 5.78. The minimum absolute atomic E-state index is 0.111. The molecule has 0 heterocycles. The SMILES string of the molecule is Cc1cc(C(Cl)c2cc(F)c(F)cc2Cl)ccc1Br. The van der Waals surface area contributed by atoms with Crippen LogP contribution in [0.15, 0.2) is 34.8 Å². The lowest BCUT2D eigenvalue weighted by molar-refractivity contribution is 0.507. The van der Waals surface area contributed by atoms with Crippen LogP contribution >= 0.6 is 39.1 Å². The van der Waals surface area contributed by atoms with Gasteiger partial charge in [0.15, 0.2) is 11.6 Å². The fourth-order valence-electron chi connectivity index (χ4n) is 1.74. The fraction of sp³-hybridized carbons (Fsp3) is 0.143. The molecule has 0 aliphatic rings. The number of aryl methyl sites for hydroxylation is 1. The van der Waals surface area contributed by atoms with E-state index in [9.17, 15) is 8.78 Å². The predicted octanol–water partition coefficient (Wildman–Crippen LogP) is 6.02. The summed E-state index contributed by atoms with van der Waals surface area (Å²) in [7, 11) is 0. The zero-order valence-electron chi connectivity index (χ0n) is 9.85. The lowest BCUT2D eigenvalue weighted by Gasteiger charge is -2.14. The van der Waals surface area contributed by atoms with Crippen LogP contribution in [0.5, 0.6) is 0 Å². The van der Waals surface area contributed by atoms with Crippen molar-refractivity contribution in [3.8, 4) is 0 Å². The number of benzene rings is 2. The summed E-state index contributed by atoms with van der Waals surface area (Å²) in [6, 6.07) is 7.51. The van der Waals surface area contributed by atoms with Gasteiger partial charge in [0.2, 0.25) is 0 Å². The van der Waals surface area contributed by atoms with Crippen LogP contribution in [0.25, 0.3) is 0 Å². The topological polar surface area (TPSA) is 0 Å². The van der Waals surface area contributed by atoms with Crippen LogP contribution in [-0.2, 0) is 0 Å². The highest BCUT2D eigenvalue weighted by Crippen LogP contribution is 2.35. The molecule has 0 saturated heterocycles. The van der Waals surface area contributed by atoms with E-state index in [0.29, 0.717) is 5.56 Å². The Labute approximate surface area is 128 Å². The van der Waals surface area contributed by atoms with E-state index < -0.39 is 17.0 Å². The molecular formula is C14H9BrCl2F2. The Kier molecular flexibility index (Phi) is 4.49. The third kappa shape index (κ3) is 3.10. The Morgan fingerprint density at radius 2 is 1.74 bits per heavy atom. The van der Waals surface area contributed by atoms with E-state index in [1.807, 2.05) is 25.1 Å². The van der Waals surface area contributed by atoms with E-state index in [2.05, 4.69) is 15.9 Å². The van der Waals surface area contributed by atoms with Crippen LogP contribution in [0.4, 0.5) is 8.78 Å². The monoisotopic (exact) mass is 364 g/mol. The Morgan fingerprint density at radius 1 is 1.11 bits per heavy atom. The highest BCUT2D eigenvalue weighted by molar-refractivity contribution is 9.10. The largest absolute Gasteiger partial charge is 0.204 e. The molecule has 2 rings (SSSR count). The molecule has 0 saturated carbocycles. The van der Waals surface area contributed by atoms with E-state index in [0.717, 1.165) is 27.7 Å². The standard InChI is InChI=1S/C14H9BrCl2F2/c1-7-4-8(2-3-10(7)15)14(17)9-5-12(18)13(19)6-11(9)16/h2-6,14H,1H3. The van der Waals surface area contributed by atoms with Crippen LogP contribution in [-0.4, -0.2) is 0 Å². The van der Waals surface area contributed by atoms with Gasteiger partial charge >= 0.3 is 0 Å². The molecule has 0 N–H and O–H groups in total. The van der Waals surface area contributed by atoms with Crippen molar-refractivity contribution >= 4 is 39.1 Å². The molecule has 2 aromatic carbocycles. The van der Waals surface area contributed by atoms with Gasteiger partial charge in [0, 0.05) is 9.50 Å². The van der Waals surface area contributed by atoms with Gasteiger partial charge in [-0.25, -0.2) is 8.78 Å². The van der Waals surface area contributed by atoms with E-state index in [4.69, 9.17) is 23.2 Å². The van der Waals surface area contributed by atoms with Crippen LogP contribution in [0.3, 0.4) is 0 Å². The highest BCUT2D eigenvalue weighted by Gasteiger charge is 2.18. The predicted molar refractivity (Wildman–Crippen MR) is 77.9 cm³/mol. The molecule has 0 radical (unpaired) electrons. The van der Waals surface area contributed by atoms with E-state index >= 15 is 0 Å². The average Bonchev–Trinajstić information content (AvgIpc) is 2.36. The van der Waals surface area contributed by atoms with Gasteiger partial charge in [-0.2, -0.15) is 0 Å². The second-order valence-electron chi connectivity index (χ2n) is 4.16. The molecule has 0 aliphatic heterocycles. The van der Waals surface area contributed by atoms with Gasteiger partial charge in [-0.1, -0.05) is 39.7 Å². The van der Waals surface area contributed by atoms with Gasteiger partial charge in [-0.05, 0) is 41.8 Å². The molecule has 0 spiro atoms. The van der Waals surface area contributed by atoms with Crippen molar-refractivity contribution in [3.63, 3.8) is 0 Å². The van der Waals surface area contributed by atoms with Crippen LogP contribution in [0, 0.1) is 18.6 Å². The second-order valence-corrected chi connectivity index (χ2v) is 5.86. The summed E-state index contributed by atoms with van der Waals surface area (Å²) in [5.74, 6) is -1.94. The summed E-state index contributed by atoms with van der Waals surface area (Å²) in [6.45, 7) is 1.92. The van der Waals surface area contributed by atoms with Crippen molar-refractivity contribution in [2.24, 2.45) is 0 Å².